The molecule has 0 spiro atoms. The minimum atomic E-state index is -0.114. The van der Waals surface area contributed by atoms with Crippen LogP contribution in [0.2, 0.25) is 0 Å². The molecule has 0 aliphatic carbocycles. The van der Waals surface area contributed by atoms with Crippen molar-refractivity contribution in [3.8, 4) is 0 Å². The summed E-state index contributed by atoms with van der Waals surface area (Å²) in [6, 6.07) is 1.68. The van der Waals surface area contributed by atoms with Crippen LogP contribution in [0.5, 0.6) is 0 Å². The number of carbonyl (C=O) groups excluding carboxylic acids is 2. The molecule has 2 amide bonds. The van der Waals surface area contributed by atoms with Crippen molar-refractivity contribution < 1.29 is 14.1 Å². The zero-order valence-corrected chi connectivity index (χ0v) is 11.8. The van der Waals surface area contributed by atoms with Gasteiger partial charge < -0.3 is 15.2 Å². The average molecular weight is 280 g/mol. The quantitative estimate of drug-likeness (QED) is 0.832. The van der Waals surface area contributed by atoms with E-state index in [1.807, 2.05) is 4.90 Å². The fourth-order valence-electron chi connectivity index (χ4n) is 2.37. The minimum absolute atomic E-state index is 0.0671. The molecule has 2 heterocycles. The zero-order chi connectivity index (χ0) is 14.5. The van der Waals surface area contributed by atoms with Crippen LogP contribution in [-0.2, 0) is 9.59 Å². The summed E-state index contributed by atoms with van der Waals surface area (Å²) in [6.45, 7) is 3.59. The molecule has 0 atom stereocenters. The molecule has 2 N–H and O–H groups in total. The van der Waals surface area contributed by atoms with Crippen LogP contribution in [0.15, 0.2) is 10.6 Å². The van der Waals surface area contributed by atoms with E-state index in [9.17, 15) is 9.59 Å². The molecule has 2 rings (SSSR count). The van der Waals surface area contributed by atoms with E-state index in [2.05, 4.69) is 15.8 Å². The normalized spacial score (nSPS) is 16.9. The van der Waals surface area contributed by atoms with Crippen molar-refractivity contribution in [3.63, 3.8) is 0 Å². The van der Waals surface area contributed by atoms with Crippen LogP contribution in [-0.4, -0.2) is 48.6 Å². The van der Waals surface area contributed by atoms with Gasteiger partial charge in [-0.1, -0.05) is 5.16 Å². The van der Waals surface area contributed by atoms with Gasteiger partial charge in [-0.3, -0.25) is 14.5 Å². The summed E-state index contributed by atoms with van der Waals surface area (Å²) in [6.07, 6.45) is 1.58. The summed E-state index contributed by atoms with van der Waals surface area (Å²) >= 11 is 0. The third-order valence-corrected chi connectivity index (χ3v) is 3.47. The molecule has 1 aromatic rings. The first-order chi connectivity index (χ1) is 9.58. The van der Waals surface area contributed by atoms with Gasteiger partial charge in [-0.25, -0.2) is 0 Å². The average Bonchev–Trinajstić information content (AvgIpc) is 2.84. The first-order valence-corrected chi connectivity index (χ1v) is 6.75. The summed E-state index contributed by atoms with van der Waals surface area (Å²) in [7, 11) is 1.65. The molecule has 0 radical (unpaired) electrons. The van der Waals surface area contributed by atoms with E-state index in [0.29, 0.717) is 18.1 Å². The number of anilines is 1. The van der Waals surface area contributed by atoms with E-state index >= 15 is 0 Å². The first kappa shape index (κ1) is 14.5. The van der Waals surface area contributed by atoms with Gasteiger partial charge in [-0.2, -0.15) is 0 Å². The van der Waals surface area contributed by atoms with Crippen LogP contribution in [0.25, 0.3) is 0 Å². The number of nitrogens with one attached hydrogen (secondary N) is 2. The molecule has 1 fully saturated rings. The smallest absolute Gasteiger partial charge is 0.239 e. The number of amides is 2. The summed E-state index contributed by atoms with van der Waals surface area (Å²) < 4.78 is 4.89. The van der Waals surface area contributed by atoms with Crippen molar-refractivity contribution >= 4 is 17.6 Å². The molecule has 110 valence electrons. The maximum atomic E-state index is 11.8. The molecule has 0 aromatic carbocycles. The van der Waals surface area contributed by atoms with Crippen molar-refractivity contribution in [2.45, 2.75) is 19.8 Å². The summed E-state index contributed by atoms with van der Waals surface area (Å²) in [5.41, 5.74) is 0. The summed E-state index contributed by atoms with van der Waals surface area (Å²) in [5, 5.41) is 9.08. The maximum Gasteiger partial charge on any atom is 0.239 e. The Kier molecular flexibility index (Phi) is 4.73. The van der Waals surface area contributed by atoms with Gasteiger partial charge in [0.2, 0.25) is 11.8 Å². The van der Waals surface area contributed by atoms with Gasteiger partial charge >= 0.3 is 0 Å². The number of likely N-dealkylation sites (tertiary alicyclic amines) is 1. The monoisotopic (exact) mass is 280 g/mol. The number of carbonyl (C=O) groups is 2. The highest BCUT2D eigenvalue weighted by molar-refractivity contribution is 5.91. The lowest BCUT2D eigenvalue weighted by atomic mass is 9.96. The molecule has 1 aliphatic rings. The Hall–Kier alpha value is -1.89. The summed E-state index contributed by atoms with van der Waals surface area (Å²) in [4.78, 5) is 25.4. The lowest BCUT2D eigenvalue weighted by molar-refractivity contribution is -0.126. The zero-order valence-electron chi connectivity index (χ0n) is 11.8. The van der Waals surface area contributed by atoms with E-state index in [4.69, 9.17) is 4.52 Å². The second-order valence-electron chi connectivity index (χ2n) is 5.04. The van der Waals surface area contributed by atoms with E-state index in [-0.39, 0.29) is 17.7 Å². The first-order valence-electron chi connectivity index (χ1n) is 6.75. The highest BCUT2D eigenvalue weighted by atomic mass is 16.5. The Bertz CT molecular complexity index is 478. The molecule has 1 aromatic heterocycles. The van der Waals surface area contributed by atoms with Crippen molar-refractivity contribution in [1.82, 2.24) is 15.4 Å². The minimum Gasteiger partial charge on any atom is -0.360 e. The van der Waals surface area contributed by atoms with Crippen molar-refractivity contribution in [3.05, 3.63) is 11.8 Å². The molecule has 0 bridgehead atoms. The predicted octanol–water partition coefficient (Wildman–Crippen LogP) is 0.380. The topological polar surface area (TPSA) is 87.5 Å². The van der Waals surface area contributed by atoms with Gasteiger partial charge in [0.1, 0.15) is 5.76 Å². The third kappa shape index (κ3) is 3.80. The van der Waals surface area contributed by atoms with E-state index < -0.39 is 0 Å². The van der Waals surface area contributed by atoms with Crippen molar-refractivity contribution in [1.29, 1.82) is 0 Å². The second-order valence-corrected chi connectivity index (χ2v) is 5.04. The standard InChI is InChI=1S/C13H20N4O3/c1-9-7-11(16-20-9)15-12(18)8-17-5-3-10(4-6-17)13(19)14-2/h7,10H,3-6,8H2,1-2H3,(H,14,19)(H,15,16,18). The Morgan fingerprint density at radius 3 is 2.70 bits per heavy atom. The molecular formula is C13H20N4O3. The lowest BCUT2D eigenvalue weighted by Gasteiger charge is -2.30. The maximum absolute atomic E-state index is 11.8. The predicted molar refractivity (Wildman–Crippen MR) is 73.1 cm³/mol. The van der Waals surface area contributed by atoms with E-state index in [0.717, 1.165) is 25.9 Å². The van der Waals surface area contributed by atoms with Crippen molar-refractivity contribution in [2.75, 3.05) is 32.0 Å². The molecule has 0 unspecified atom stereocenters. The van der Waals surface area contributed by atoms with Gasteiger partial charge in [0.05, 0.1) is 6.54 Å². The number of aryl methyl sites for hydroxylation is 1. The third-order valence-electron chi connectivity index (χ3n) is 3.47. The van der Waals surface area contributed by atoms with Gasteiger partial charge in [0, 0.05) is 19.0 Å². The van der Waals surface area contributed by atoms with Crippen LogP contribution >= 0.6 is 0 Å². The highest BCUT2D eigenvalue weighted by Gasteiger charge is 2.25. The van der Waals surface area contributed by atoms with Gasteiger partial charge in [-0.05, 0) is 32.9 Å². The second kappa shape index (κ2) is 6.51. The fourth-order valence-corrected chi connectivity index (χ4v) is 2.37. The number of aromatic nitrogens is 1. The molecule has 20 heavy (non-hydrogen) atoms. The SMILES string of the molecule is CNC(=O)C1CCN(CC(=O)Nc2cc(C)on2)CC1. The van der Waals surface area contributed by atoms with E-state index in [1.54, 1.807) is 20.0 Å². The highest BCUT2D eigenvalue weighted by Crippen LogP contribution is 2.17. The Labute approximate surface area is 117 Å². The van der Waals surface area contributed by atoms with Crippen LogP contribution < -0.4 is 10.6 Å². The van der Waals surface area contributed by atoms with Crippen LogP contribution in [0, 0.1) is 12.8 Å². The number of hydrogen-bond donors (Lipinski definition) is 2. The number of hydrogen-bond acceptors (Lipinski definition) is 5. The van der Waals surface area contributed by atoms with E-state index in [1.165, 1.54) is 0 Å². The molecule has 7 heteroatoms. The molecule has 7 nitrogen and oxygen atoms in total. The molecule has 0 saturated carbocycles. The van der Waals surface area contributed by atoms with Crippen molar-refractivity contribution in [2.24, 2.45) is 5.92 Å². The molecular weight excluding hydrogens is 260 g/mol. The van der Waals surface area contributed by atoms with Gasteiger partial charge in [0.25, 0.3) is 0 Å². The van der Waals surface area contributed by atoms with Gasteiger partial charge in [-0.15, -0.1) is 0 Å². The molecule has 1 aliphatic heterocycles. The molecule has 1 saturated heterocycles. The van der Waals surface area contributed by atoms with Crippen LogP contribution in [0.4, 0.5) is 5.82 Å². The number of nitrogens with zero attached hydrogens (tertiary/aromatic N) is 2. The summed E-state index contributed by atoms with van der Waals surface area (Å²) in [5.74, 6) is 1.14. The number of piperidine rings is 1. The Balaban J connectivity index is 1.75. The Morgan fingerprint density at radius 2 is 2.15 bits per heavy atom. The van der Waals surface area contributed by atoms with Crippen LogP contribution in [0.1, 0.15) is 18.6 Å². The fraction of sp³-hybridized carbons (Fsp3) is 0.615. The van der Waals surface area contributed by atoms with Gasteiger partial charge in [0.15, 0.2) is 5.82 Å². The number of rotatable bonds is 4. The largest absolute Gasteiger partial charge is 0.360 e. The Morgan fingerprint density at radius 1 is 1.45 bits per heavy atom. The lowest BCUT2D eigenvalue weighted by Crippen LogP contribution is -2.42. The van der Waals surface area contributed by atoms with Crippen LogP contribution in [0.3, 0.4) is 0 Å².